The Morgan fingerprint density at radius 1 is 1.14 bits per heavy atom. The fraction of sp³-hybridized carbons (Fsp3) is 0.190. The molecule has 0 spiro atoms. The van der Waals surface area contributed by atoms with Crippen LogP contribution in [0.15, 0.2) is 52.7 Å². The third-order valence-electron chi connectivity index (χ3n) is 4.72. The summed E-state index contributed by atoms with van der Waals surface area (Å²) in [5, 5.41) is 2.55. The standard InChI is InChI=1S/C21H17Cl2N3OS2/c1-12-13(2)29-19-18(12)20(27)26(10-14-5-4-8-24-9-14)21(25-19)28-11-15-16(22)6-3-7-17(15)23/h3-9H,10-11H2,1-2H3. The number of hydrogen-bond acceptors (Lipinski definition) is 5. The van der Waals surface area contributed by atoms with Crippen LogP contribution in [0.2, 0.25) is 10.0 Å². The van der Waals surface area contributed by atoms with E-state index in [2.05, 4.69) is 4.98 Å². The number of halogens is 2. The average molecular weight is 462 g/mol. The van der Waals surface area contributed by atoms with Gasteiger partial charge in [-0.05, 0) is 48.7 Å². The molecule has 29 heavy (non-hydrogen) atoms. The van der Waals surface area contributed by atoms with Gasteiger partial charge in [-0.2, -0.15) is 0 Å². The molecule has 0 N–H and O–H groups in total. The molecule has 0 aliphatic rings. The van der Waals surface area contributed by atoms with Gasteiger partial charge in [0.1, 0.15) is 4.83 Å². The van der Waals surface area contributed by atoms with E-state index in [0.29, 0.717) is 32.9 Å². The van der Waals surface area contributed by atoms with Gasteiger partial charge >= 0.3 is 0 Å². The highest BCUT2D eigenvalue weighted by Crippen LogP contribution is 2.33. The van der Waals surface area contributed by atoms with Crippen LogP contribution in [0.1, 0.15) is 21.6 Å². The Kier molecular flexibility index (Phi) is 5.97. The number of thiophene rings is 1. The van der Waals surface area contributed by atoms with Crippen molar-refractivity contribution in [1.82, 2.24) is 14.5 Å². The van der Waals surface area contributed by atoms with E-state index in [4.69, 9.17) is 28.2 Å². The first-order valence-corrected chi connectivity index (χ1v) is 11.5. The molecule has 0 atom stereocenters. The fourth-order valence-corrected chi connectivity index (χ4v) is 5.85. The van der Waals surface area contributed by atoms with Crippen LogP contribution in [0.3, 0.4) is 0 Å². The average Bonchev–Trinajstić information content (AvgIpc) is 2.99. The molecule has 0 saturated carbocycles. The molecule has 4 nitrogen and oxygen atoms in total. The Balaban J connectivity index is 1.80. The van der Waals surface area contributed by atoms with E-state index in [1.807, 2.05) is 44.2 Å². The maximum Gasteiger partial charge on any atom is 0.263 e. The molecule has 4 rings (SSSR count). The number of aryl methyl sites for hydroxylation is 2. The quantitative estimate of drug-likeness (QED) is 0.265. The molecule has 3 heterocycles. The van der Waals surface area contributed by atoms with Crippen molar-refractivity contribution in [1.29, 1.82) is 0 Å². The van der Waals surface area contributed by atoms with Crippen LogP contribution in [-0.2, 0) is 12.3 Å². The van der Waals surface area contributed by atoms with Crippen molar-refractivity contribution in [2.75, 3.05) is 0 Å². The summed E-state index contributed by atoms with van der Waals surface area (Å²) in [6, 6.07) is 9.26. The van der Waals surface area contributed by atoms with Crippen LogP contribution < -0.4 is 5.56 Å². The molecule has 1 aromatic carbocycles. The second-order valence-electron chi connectivity index (χ2n) is 6.60. The first-order chi connectivity index (χ1) is 14.0. The van der Waals surface area contributed by atoms with E-state index in [9.17, 15) is 4.79 Å². The van der Waals surface area contributed by atoms with Crippen molar-refractivity contribution >= 4 is 56.5 Å². The number of hydrogen-bond donors (Lipinski definition) is 0. The highest BCUT2D eigenvalue weighted by molar-refractivity contribution is 7.98. The Labute approximate surface area is 186 Å². The summed E-state index contributed by atoms with van der Waals surface area (Å²) in [5.41, 5.74) is 2.74. The molecule has 0 aliphatic heterocycles. The third kappa shape index (κ3) is 4.08. The van der Waals surface area contributed by atoms with Crippen molar-refractivity contribution in [3.05, 3.63) is 84.7 Å². The summed E-state index contributed by atoms with van der Waals surface area (Å²) in [4.78, 5) is 24.2. The number of rotatable bonds is 5. The SMILES string of the molecule is Cc1sc2nc(SCc3c(Cl)cccc3Cl)n(Cc3cccnc3)c(=O)c2c1C. The molecule has 0 amide bonds. The highest BCUT2D eigenvalue weighted by Gasteiger charge is 2.18. The molecular formula is C21H17Cl2N3OS2. The fourth-order valence-electron chi connectivity index (χ4n) is 3.04. The predicted molar refractivity (Wildman–Crippen MR) is 123 cm³/mol. The van der Waals surface area contributed by atoms with Gasteiger partial charge < -0.3 is 0 Å². The smallest absolute Gasteiger partial charge is 0.263 e. The minimum Gasteiger partial charge on any atom is -0.282 e. The molecule has 3 aromatic heterocycles. The van der Waals surface area contributed by atoms with Gasteiger partial charge in [0, 0.05) is 33.1 Å². The summed E-state index contributed by atoms with van der Waals surface area (Å²) in [6.07, 6.45) is 3.48. The van der Waals surface area contributed by atoms with Crippen molar-refractivity contribution in [3.8, 4) is 0 Å². The van der Waals surface area contributed by atoms with Gasteiger partial charge in [0.05, 0.1) is 11.9 Å². The first-order valence-electron chi connectivity index (χ1n) is 8.91. The van der Waals surface area contributed by atoms with E-state index in [-0.39, 0.29) is 5.56 Å². The lowest BCUT2D eigenvalue weighted by molar-refractivity contribution is 0.657. The lowest BCUT2D eigenvalue weighted by Gasteiger charge is -2.13. The first kappa shape index (κ1) is 20.4. The van der Waals surface area contributed by atoms with Gasteiger partial charge in [0.15, 0.2) is 5.16 Å². The number of fused-ring (bicyclic) bond motifs is 1. The molecule has 0 aliphatic carbocycles. The minimum absolute atomic E-state index is 0.0338. The maximum absolute atomic E-state index is 13.4. The number of thioether (sulfide) groups is 1. The molecule has 4 aromatic rings. The number of benzene rings is 1. The Morgan fingerprint density at radius 2 is 1.90 bits per heavy atom. The van der Waals surface area contributed by atoms with Crippen molar-refractivity contribution in [2.45, 2.75) is 31.3 Å². The van der Waals surface area contributed by atoms with Crippen LogP contribution in [0.5, 0.6) is 0 Å². The molecule has 148 valence electrons. The monoisotopic (exact) mass is 461 g/mol. The summed E-state index contributed by atoms with van der Waals surface area (Å²) in [5.74, 6) is 0.521. The zero-order valence-electron chi connectivity index (χ0n) is 15.8. The zero-order chi connectivity index (χ0) is 20.5. The van der Waals surface area contributed by atoms with Crippen LogP contribution in [-0.4, -0.2) is 14.5 Å². The summed E-state index contributed by atoms with van der Waals surface area (Å²) in [6.45, 7) is 4.40. The molecule has 8 heteroatoms. The second kappa shape index (κ2) is 8.48. The minimum atomic E-state index is -0.0338. The van der Waals surface area contributed by atoms with Gasteiger partial charge in [-0.3, -0.25) is 14.3 Å². The van der Waals surface area contributed by atoms with E-state index in [0.717, 1.165) is 26.4 Å². The van der Waals surface area contributed by atoms with E-state index >= 15 is 0 Å². The van der Waals surface area contributed by atoms with Crippen molar-refractivity contribution in [3.63, 3.8) is 0 Å². The van der Waals surface area contributed by atoms with Gasteiger partial charge in [0.2, 0.25) is 0 Å². The zero-order valence-corrected chi connectivity index (χ0v) is 18.9. The van der Waals surface area contributed by atoms with Gasteiger partial charge in [-0.15, -0.1) is 11.3 Å². The molecule has 0 unspecified atom stereocenters. The molecule has 0 fully saturated rings. The number of aromatic nitrogens is 3. The van der Waals surface area contributed by atoms with E-state index < -0.39 is 0 Å². The van der Waals surface area contributed by atoms with Crippen LogP contribution in [0, 0.1) is 13.8 Å². The maximum atomic E-state index is 13.4. The molecule has 0 bridgehead atoms. The lowest BCUT2D eigenvalue weighted by atomic mass is 10.2. The molecule has 0 radical (unpaired) electrons. The lowest BCUT2D eigenvalue weighted by Crippen LogP contribution is -2.24. The Morgan fingerprint density at radius 3 is 2.59 bits per heavy atom. The summed E-state index contributed by atoms with van der Waals surface area (Å²) >= 11 is 15.7. The van der Waals surface area contributed by atoms with Gasteiger partial charge in [0.25, 0.3) is 5.56 Å². The van der Waals surface area contributed by atoms with Crippen LogP contribution in [0.4, 0.5) is 0 Å². The number of pyridine rings is 1. The number of nitrogens with zero attached hydrogens (tertiary/aromatic N) is 3. The molecular weight excluding hydrogens is 445 g/mol. The predicted octanol–water partition coefficient (Wildman–Crippen LogP) is 6.12. The van der Waals surface area contributed by atoms with E-state index in [1.54, 1.807) is 28.3 Å². The van der Waals surface area contributed by atoms with Crippen molar-refractivity contribution in [2.24, 2.45) is 0 Å². The van der Waals surface area contributed by atoms with Crippen molar-refractivity contribution < 1.29 is 0 Å². The largest absolute Gasteiger partial charge is 0.282 e. The van der Waals surface area contributed by atoms with Gasteiger partial charge in [-0.1, -0.05) is 47.1 Å². The molecule has 0 saturated heterocycles. The second-order valence-corrected chi connectivity index (χ2v) is 9.56. The summed E-state index contributed by atoms with van der Waals surface area (Å²) in [7, 11) is 0. The Hall–Kier alpha value is -1.86. The normalized spacial score (nSPS) is 11.3. The Bertz CT molecular complexity index is 1230. The highest BCUT2D eigenvalue weighted by atomic mass is 35.5. The third-order valence-corrected chi connectivity index (χ3v) is 7.54. The van der Waals surface area contributed by atoms with Crippen LogP contribution in [0.25, 0.3) is 10.2 Å². The van der Waals surface area contributed by atoms with E-state index in [1.165, 1.54) is 11.8 Å². The van der Waals surface area contributed by atoms with Gasteiger partial charge in [-0.25, -0.2) is 4.98 Å². The van der Waals surface area contributed by atoms with Crippen LogP contribution >= 0.6 is 46.3 Å². The topological polar surface area (TPSA) is 47.8 Å². The summed E-state index contributed by atoms with van der Waals surface area (Å²) < 4.78 is 1.72.